The second kappa shape index (κ2) is 8.11. The van der Waals surface area contributed by atoms with Gasteiger partial charge in [0.2, 0.25) is 5.91 Å². The van der Waals surface area contributed by atoms with Crippen LogP contribution < -0.4 is 5.32 Å². The van der Waals surface area contributed by atoms with Crippen LogP contribution in [0.15, 0.2) is 0 Å². The molecule has 2 fully saturated rings. The monoisotopic (exact) mass is 297 g/mol. The van der Waals surface area contributed by atoms with Crippen molar-refractivity contribution in [2.24, 2.45) is 5.92 Å². The summed E-state index contributed by atoms with van der Waals surface area (Å²) >= 11 is 0. The van der Waals surface area contributed by atoms with Gasteiger partial charge >= 0.3 is 0 Å². The highest BCUT2D eigenvalue weighted by atomic mass is 16.3. The highest BCUT2D eigenvalue weighted by molar-refractivity contribution is 5.77. The molecular formula is C16H31N3O2. The molecule has 0 spiro atoms. The van der Waals surface area contributed by atoms with Crippen molar-refractivity contribution in [2.75, 3.05) is 40.3 Å². The third kappa shape index (κ3) is 4.94. The van der Waals surface area contributed by atoms with Crippen LogP contribution in [-0.2, 0) is 4.79 Å². The fraction of sp³-hybridized carbons (Fsp3) is 0.938. The predicted octanol–water partition coefficient (Wildman–Crippen LogP) is 0.680. The van der Waals surface area contributed by atoms with Crippen molar-refractivity contribution in [3.63, 3.8) is 0 Å². The molecule has 0 bridgehead atoms. The molecule has 2 unspecified atom stereocenters. The van der Waals surface area contributed by atoms with Crippen molar-refractivity contribution >= 4 is 5.91 Å². The van der Waals surface area contributed by atoms with Crippen LogP contribution in [0.3, 0.4) is 0 Å². The molecule has 2 aliphatic rings. The molecule has 1 amide bonds. The summed E-state index contributed by atoms with van der Waals surface area (Å²) in [5.74, 6) is 0.806. The van der Waals surface area contributed by atoms with E-state index < -0.39 is 0 Å². The van der Waals surface area contributed by atoms with Crippen LogP contribution in [-0.4, -0.2) is 73.2 Å². The van der Waals surface area contributed by atoms with Gasteiger partial charge in [0, 0.05) is 19.6 Å². The lowest BCUT2D eigenvalue weighted by Crippen LogP contribution is -2.47. The number of nitrogens with zero attached hydrogens (tertiary/aromatic N) is 2. The zero-order valence-corrected chi connectivity index (χ0v) is 13.6. The van der Waals surface area contributed by atoms with Gasteiger partial charge in [0.25, 0.3) is 0 Å². The topological polar surface area (TPSA) is 55.8 Å². The molecule has 0 aromatic carbocycles. The van der Waals surface area contributed by atoms with Gasteiger partial charge in [-0.05, 0) is 51.7 Å². The first-order valence-corrected chi connectivity index (χ1v) is 8.41. The SMILES string of the molecule is CNC(=O)CN1CCC(CN(C)C2CCCCC2O)CC1. The number of likely N-dealkylation sites (tertiary alicyclic amines) is 1. The molecule has 2 rings (SSSR count). The summed E-state index contributed by atoms with van der Waals surface area (Å²) < 4.78 is 0. The normalized spacial score (nSPS) is 28.8. The van der Waals surface area contributed by atoms with Gasteiger partial charge in [0.15, 0.2) is 0 Å². The number of hydrogen-bond donors (Lipinski definition) is 2. The van der Waals surface area contributed by atoms with Crippen LogP contribution in [0.2, 0.25) is 0 Å². The number of aliphatic hydroxyl groups excluding tert-OH is 1. The molecule has 21 heavy (non-hydrogen) atoms. The first-order chi connectivity index (χ1) is 10.1. The molecule has 5 nitrogen and oxygen atoms in total. The van der Waals surface area contributed by atoms with E-state index in [9.17, 15) is 9.90 Å². The molecule has 2 N–H and O–H groups in total. The lowest BCUT2D eigenvalue weighted by Gasteiger charge is -2.39. The second-order valence-electron chi connectivity index (χ2n) is 6.75. The summed E-state index contributed by atoms with van der Waals surface area (Å²) in [7, 11) is 3.86. The first-order valence-electron chi connectivity index (χ1n) is 8.41. The Morgan fingerprint density at radius 1 is 1.24 bits per heavy atom. The van der Waals surface area contributed by atoms with Gasteiger partial charge in [0.05, 0.1) is 12.6 Å². The Morgan fingerprint density at radius 3 is 2.52 bits per heavy atom. The lowest BCUT2D eigenvalue weighted by atomic mass is 9.89. The molecular weight excluding hydrogens is 266 g/mol. The lowest BCUT2D eigenvalue weighted by molar-refractivity contribution is -0.122. The minimum atomic E-state index is -0.142. The zero-order valence-electron chi connectivity index (χ0n) is 13.6. The number of hydrogen-bond acceptors (Lipinski definition) is 4. The van der Waals surface area contributed by atoms with Crippen LogP contribution in [0, 0.1) is 5.92 Å². The molecule has 5 heteroatoms. The molecule has 2 atom stereocenters. The molecule has 122 valence electrons. The number of aliphatic hydroxyl groups is 1. The highest BCUT2D eigenvalue weighted by Crippen LogP contribution is 2.25. The van der Waals surface area contributed by atoms with E-state index in [0.29, 0.717) is 18.5 Å². The summed E-state index contributed by atoms with van der Waals surface area (Å²) in [5, 5.41) is 12.8. The van der Waals surface area contributed by atoms with Crippen LogP contribution in [0.5, 0.6) is 0 Å². The van der Waals surface area contributed by atoms with E-state index in [1.807, 2.05) is 0 Å². The summed E-state index contributed by atoms with van der Waals surface area (Å²) in [5.41, 5.74) is 0. The molecule has 1 aliphatic heterocycles. The number of carbonyl (C=O) groups excluding carboxylic acids is 1. The van der Waals surface area contributed by atoms with E-state index in [4.69, 9.17) is 0 Å². The third-order valence-electron chi connectivity index (χ3n) is 5.16. The third-order valence-corrected chi connectivity index (χ3v) is 5.16. The van der Waals surface area contributed by atoms with Crippen molar-refractivity contribution in [1.29, 1.82) is 0 Å². The van der Waals surface area contributed by atoms with Crippen molar-refractivity contribution in [3.8, 4) is 0 Å². The van der Waals surface area contributed by atoms with Crippen molar-refractivity contribution in [2.45, 2.75) is 50.7 Å². The van der Waals surface area contributed by atoms with Gasteiger partial charge < -0.3 is 15.3 Å². The number of carbonyl (C=O) groups is 1. The maximum Gasteiger partial charge on any atom is 0.233 e. The van der Waals surface area contributed by atoms with Crippen molar-refractivity contribution in [3.05, 3.63) is 0 Å². The first kappa shape index (κ1) is 16.7. The molecule has 1 saturated heterocycles. The standard InChI is InChI=1S/C16H31N3O2/c1-17-16(21)12-19-9-7-13(8-10-19)11-18(2)14-5-3-4-6-15(14)20/h13-15,20H,3-12H2,1-2H3,(H,17,21). The van der Waals surface area contributed by atoms with Gasteiger partial charge in [-0.1, -0.05) is 12.8 Å². The van der Waals surface area contributed by atoms with Crippen molar-refractivity contribution in [1.82, 2.24) is 15.1 Å². The maximum absolute atomic E-state index is 11.4. The molecule has 0 aromatic rings. The van der Waals surface area contributed by atoms with Gasteiger partial charge in [-0.3, -0.25) is 9.69 Å². The van der Waals surface area contributed by atoms with Gasteiger partial charge in [-0.15, -0.1) is 0 Å². The summed E-state index contributed by atoms with van der Waals surface area (Å²) in [6, 6.07) is 0.350. The van der Waals surface area contributed by atoms with E-state index >= 15 is 0 Å². The summed E-state index contributed by atoms with van der Waals surface area (Å²) in [4.78, 5) is 16.0. The molecule has 1 aliphatic carbocycles. The Morgan fingerprint density at radius 2 is 1.90 bits per heavy atom. The van der Waals surface area contributed by atoms with E-state index in [1.165, 1.54) is 12.8 Å². The summed E-state index contributed by atoms with van der Waals surface area (Å²) in [6.07, 6.45) is 6.68. The van der Waals surface area contributed by atoms with E-state index in [1.54, 1.807) is 7.05 Å². The number of likely N-dealkylation sites (N-methyl/N-ethyl adjacent to an activating group) is 2. The minimum Gasteiger partial charge on any atom is -0.391 e. The fourth-order valence-electron chi connectivity index (χ4n) is 3.76. The zero-order chi connectivity index (χ0) is 15.2. The number of rotatable bonds is 5. The van der Waals surface area contributed by atoms with Gasteiger partial charge in [-0.25, -0.2) is 0 Å². The maximum atomic E-state index is 11.4. The Hall–Kier alpha value is -0.650. The van der Waals surface area contributed by atoms with Crippen LogP contribution >= 0.6 is 0 Å². The van der Waals surface area contributed by atoms with Gasteiger partial charge in [0.1, 0.15) is 0 Å². The quantitative estimate of drug-likeness (QED) is 0.783. The van der Waals surface area contributed by atoms with Gasteiger partial charge in [-0.2, -0.15) is 0 Å². The number of amides is 1. The van der Waals surface area contributed by atoms with E-state index in [0.717, 1.165) is 45.3 Å². The largest absolute Gasteiger partial charge is 0.391 e. The predicted molar refractivity (Wildman–Crippen MR) is 84.1 cm³/mol. The Kier molecular flexibility index (Phi) is 6.45. The smallest absolute Gasteiger partial charge is 0.233 e. The highest BCUT2D eigenvalue weighted by Gasteiger charge is 2.29. The molecule has 0 aromatic heterocycles. The fourth-order valence-corrected chi connectivity index (χ4v) is 3.76. The van der Waals surface area contributed by atoms with Crippen LogP contribution in [0.4, 0.5) is 0 Å². The summed E-state index contributed by atoms with van der Waals surface area (Å²) in [6.45, 7) is 3.63. The molecule has 0 radical (unpaired) electrons. The van der Waals surface area contributed by atoms with Crippen LogP contribution in [0.1, 0.15) is 38.5 Å². The Bertz CT molecular complexity index is 329. The minimum absolute atomic E-state index is 0.107. The number of piperidine rings is 1. The van der Waals surface area contributed by atoms with E-state index in [2.05, 4.69) is 22.2 Å². The average Bonchev–Trinajstić information content (AvgIpc) is 2.49. The second-order valence-corrected chi connectivity index (χ2v) is 6.75. The molecule has 1 saturated carbocycles. The average molecular weight is 297 g/mol. The van der Waals surface area contributed by atoms with Crippen molar-refractivity contribution < 1.29 is 9.90 Å². The molecule has 1 heterocycles. The van der Waals surface area contributed by atoms with E-state index in [-0.39, 0.29) is 12.0 Å². The number of nitrogens with one attached hydrogen (secondary N) is 1. The van der Waals surface area contributed by atoms with Crippen LogP contribution in [0.25, 0.3) is 0 Å². The Balaban J connectivity index is 1.71. The Labute approximate surface area is 128 Å².